The van der Waals surface area contributed by atoms with Crippen molar-refractivity contribution in [2.24, 2.45) is 0 Å². The topological polar surface area (TPSA) is 86.8 Å². The van der Waals surface area contributed by atoms with Crippen LogP contribution in [0.25, 0.3) is 0 Å². The summed E-state index contributed by atoms with van der Waals surface area (Å²) in [5.41, 5.74) is 1.26. The van der Waals surface area contributed by atoms with E-state index >= 15 is 0 Å². The Morgan fingerprint density at radius 1 is 0.750 bits per heavy atom. The molecule has 0 radical (unpaired) electrons. The van der Waals surface area contributed by atoms with Crippen LogP contribution >= 0.6 is 0 Å². The lowest BCUT2D eigenvalue weighted by Crippen LogP contribution is -2.32. The third-order valence-corrected chi connectivity index (χ3v) is 8.03. The first-order chi connectivity index (χ1) is 15.5. The van der Waals surface area contributed by atoms with Gasteiger partial charge < -0.3 is 10.2 Å². The molecule has 4 rings (SSSR count). The molecule has 0 saturated carbocycles. The van der Waals surface area contributed by atoms with Crippen molar-refractivity contribution >= 4 is 27.5 Å². The summed E-state index contributed by atoms with van der Waals surface area (Å²) in [7, 11) is -3.52. The number of hydrogen-bond donors (Lipinski definition) is 1. The second kappa shape index (κ2) is 9.83. The first-order valence-electron chi connectivity index (χ1n) is 11.3. The van der Waals surface area contributed by atoms with Gasteiger partial charge >= 0.3 is 0 Å². The number of likely N-dealkylation sites (tertiary alicyclic amines) is 1. The maximum atomic E-state index is 13.1. The van der Waals surface area contributed by atoms with E-state index < -0.39 is 10.0 Å². The summed E-state index contributed by atoms with van der Waals surface area (Å²) in [6.07, 6.45) is 5.99. The minimum absolute atomic E-state index is 0.0742. The van der Waals surface area contributed by atoms with Crippen molar-refractivity contribution < 1.29 is 18.0 Å². The Balaban J connectivity index is 1.49. The van der Waals surface area contributed by atoms with Gasteiger partial charge in [0.05, 0.1) is 16.1 Å². The number of anilines is 1. The quantitative estimate of drug-likeness (QED) is 0.744. The van der Waals surface area contributed by atoms with Gasteiger partial charge in [0.1, 0.15) is 0 Å². The van der Waals surface area contributed by atoms with Crippen molar-refractivity contribution in [3.05, 3.63) is 59.7 Å². The molecule has 32 heavy (non-hydrogen) atoms. The third-order valence-electron chi connectivity index (χ3n) is 6.12. The van der Waals surface area contributed by atoms with Crippen LogP contribution < -0.4 is 5.32 Å². The number of amides is 2. The summed E-state index contributed by atoms with van der Waals surface area (Å²) in [6, 6.07) is 13.0. The summed E-state index contributed by atoms with van der Waals surface area (Å²) in [6.45, 7) is 2.53. The van der Waals surface area contributed by atoms with Crippen LogP contribution in [0.15, 0.2) is 53.4 Å². The number of hydrogen-bond acceptors (Lipinski definition) is 4. The van der Waals surface area contributed by atoms with Gasteiger partial charge in [-0.25, -0.2) is 8.42 Å². The highest BCUT2D eigenvalue weighted by Gasteiger charge is 2.27. The molecule has 8 heteroatoms. The lowest BCUT2D eigenvalue weighted by atomic mass is 10.1. The molecule has 0 aromatic heterocycles. The molecule has 2 aliphatic heterocycles. The molecule has 170 valence electrons. The predicted molar refractivity (Wildman–Crippen MR) is 123 cm³/mol. The molecule has 0 atom stereocenters. The lowest BCUT2D eigenvalue weighted by molar-refractivity contribution is 0.0762. The second-order valence-electron chi connectivity index (χ2n) is 8.34. The number of carbonyl (C=O) groups is 2. The van der Waals surface area contributed by atoms with Crippen LogP contribution in [-0.2, 0) is 10.0 Å². The molecule has 2 heterocycles. The smallest absolute Gasteiger partial charge is 0.255 e. The number of nitrogens with zero attached hydrogens (tertiary/aromatic N) is 2. The molecule has 2 aromatic rings. The van der Waals surface area contributed by atoms with E-state index in [0.717, 1.165) is 51.6 Å². The predicted octanol–water partition coefficient (Wildman–Crippen LogP) is 3.74. The van der Waals surface area contributed by atoms with E-state index in [-0.39, 0.29) is 16.7 Å². The third kappa shape index (κ3) is 4.86. The molecule has 2 fully saturated rings. The SMILES string of the molecule is O=C(Nc1ccccc1C(=O)N1CCCCCC1)c1ccc(S(=O)(=O)N2CCCC2)cc1. The molecule has 1 N–H and O–H groups in total. The van der Waals surface area contributed by atoms with Crippen molar-refractivity contribution in [2.45, 2.75) is 43.4 Å². The van der Waals surface area contributed by atoms with Crippen molar-refractivity contribution in [2.75, 3.05) is 31.5 Å². The van der Waals surface area contributed by atoms with Crippen LogP contribution in [0.4, 0.5) is 5.69 Å². The Labute approximate surface area is 189 Å². The van der Waals surface area contributed by atoms with Gasteiger partial charge in [-0.15, -0.1) is 0 Å². The van der Waals surface area contributed by atoms with Crippen LogP contribution in [0.3, 0.4) is 0 Å². The molecular formula is C24H29N3O4S. The van der Waals surface area contributed by atoms with E-state index in [1.54, 1.807) is 24.3 Å². The fraction of sp³-hybridized carbons (Fsp3) is 0.417. The normalized spacial score (nSPS) is 17.7. The Bertz CT molecular complexity index is 1070. The first kappa shape index (κ1) is 22.5. The summed E-state index contributed by atoms with van der Waals surface area (Å²) in [4.78, 5) is 28.0. The Morgan fingerprint density at radius 2 is 1.34 bits per heavy atom. The highest BCUT2D eigenvalue weighted by atomic mass is 32.2. The van der Waals surface area contributed by atoms with E-state index in [1.807, 2.05) is 4.90 Å². The minimum Gasteiger partial charge on any atom is -0.339 e. The number of benzene rings is 2. The van der Waals surface area contributed by atoms with Crippen LogP contribution in [-0.4, -0.2) is 55.6 Å². The zero-order valence-electron chi connectivity index (χ0n) is 18.1. The molecule has 2 amide bonds. The van der Waals surface area contributed by atoms with Crippen LogP contribution in [0, 0.1) is 0 Å². The van der Waals surface area contributed by atoms with Gasteiger partial charge in [0, 0.05) is 31.7 Å². The minimum atomic E-state index is -3.52. The zero-order valence-corrected chi connectivity index (χ0v) is 18.9. The molecule has 0 bridgehead atoms. The van der Waals surface area contributed by atoms with Gasteiger partial charge in [-0.1, -0.05) is 25.0 Å². The van der Waals surface area contributed by atoms with Crippen molar-refractivity contribution in [3.8, 4) is 0 Å². The maximum absolute atomic E-state index is 13.1. The molecule has 0 spiro atoms. The highest BCUT2D eigenvalue weighted by molar-refractivity contribution is 7.89. The summed E-state index contributed by atoms with van der Waals surface area (Å²) in [5, 5.41) is 2.83. The monoisotopic (exact) mass is 455 g/mol. The van der Waals surface area contributed by atoms with Crippen molar-refractivity contribution in [1.82, 2.24) is 9.21 Å². The molecule has 7 nitrogen and oxygen atoms in total. The lowest BCUT2D eigenvalue weighted by Gasteiger charge is -2.22. The van der Waals surface area contributed by atoms with Gasteiger partial charge in [-0.2, -0.15) is 4.31 Å². The zero-order chi connectivity index (χ0) is 22.6. The largest absolute Gasteiger partial charge is 0.339 e. The van der Waals surface area contributed by atoms with E-state index in [1.165, 1.54) is 28.6 Å². The summed E-state index contributed by atoms with van der Waals surface area (Å²) >= 11 is 0. The fourth-order valence-corrected chi connectivity index (χ4v) is 5.79. The first-order valence-corrected chi connectivity index (χ1v) is 12.7. The van der Waals surface area contributed by atoms with Gasteiger partial charge in [0.15, 0.2) is 0 Å². The molecule has 0 aliphatic carbocycles. The van der Waals surface area contributed by atoms with E-state index in [9.17, 15) is 18.0 Å². The van der Waals surface area contributed by atoms with Gasteiger partial charge in [-0.05, 0) is 62.1 Å². The molecule has 2 aromatic carbocycles. The highest BCUT2D eigenvalue weighted by Crippen LogP contribution is 2.23. The molecular weight excluding hydrogens is 426 g/mol. The van der Waals surface area contributed by atoms with E-state index in [4.69, 9.17) is 0 Å². The summed E-state index contributed by atoms with van der Waals surface area (Å²) < 4.78 is 26.8. The average Bonchev–Trinajstić information content (AvgIpc) is 3.23. The molecule has 2 saturated heterocycles. The Hall–Kier alpha value is -2.71. The number of sulfonamides is 1. The Morgan fingerprint density at radius 3 is 2.00 bits per heavy atom. The number of carbonyl (C=O) groups excluding carboxylic acids is 2. The van der Waals surface area contributed by atoms with Gasteiger partial charge in [0.25, 0.3) is 11.8 Å². The van der Waals surface area contributed by atoms with Crippen molar-refractivity contribution in [1.29, 1.82) is 0 Å². The van der Waals surface area contributed by atoms with E-state index in [0.29, 0.717) is 29.9 Å². The Kier molecular flexibility index (Phi) is 6.91. The van der Waals surface area contributed by atoms with Gasteiger partial charge in [-0.3, -0.25) is 9.59 Å². The number of rotatable bonds is 5. The molecule has 0 unspecified atom stereocenters. The molecule has 2 aliphatic rings. The fourth-order valence-electron chi connectivity index (χ4n) is 4.27. The van der Waals surface area contributed by atoms with Crippen molar-refractivity contribution in [3.63, 3.8) is 0 Å². The van der Waals surface area contributed by atoms with E-state index in [2.05, 4.69) is 5.32 Å². The summed E-state index contributed by atoms with van der Waals surface area (Å²) in [5.74, 6) is -0.457. The van der Waals surface area contributed by atoms with Crippen LogP contribution in [0.5, 0.6) is 0 Å². The second-order valence-corrected chi connectivity index (χ2v) is 10.3. The standard InChI is InChI=1S/C24H29N3O4S/c28-23(19-11-13-20(14-12-19)32(30,31)27-17-7-8-18-27)25-22-10-4-3-9-21(22)24(29)26-15-5-1-2-6-16-26/h3-4,9-14H,1-2,5-8,15-18H2,(H,25,28). The van der Waals surface area contributed by atoms with Crippen LogP contribution in [0.1, 0.15) is 59.2 Å². The average molecular weight is 456 g/mol. The van der Waals surface area contributed by atoms with Gasteiger partial charge in [0.2, 0.25) is 10.0 Å². The maximum Gasteiger partial charge on any atom is 0.255 e. The number of para-hydroxylation sites is 1. The number of nitrogens with one attached hydrogen (secondary N) is 1. The van der Waals surface area contributed by atoms with Crippen LogP contribution in [0.2, 0.25) is 0 Å².